The molecule has 116 valence electrons. The highest BCUT2D eigenvalue weighted by Crippen LogP contribution is 2.17. The summed E-state index contributed by atoms with van der Waals surface area (Å²) in [4.78, 5) is 15.9. The first-order valence-corrected chi connectivity index (χ1v) is 7.18. The van der Waals surface area contributed by atoms with Gasteiger partial charge in [-0.3, -0.25) is 4.79 Å². The maximum Gasteiger partial charge on any atom is 0.263 e. The van der Waals surface area contributed by atoms with Crippen molar-refractivity contribution in [3.8, 4) is 11.6 Å². The van der Waals surface area contributed by atoms with Crippen LogP contribution in [0.3, 0.4) is 0 Å². The first-order chi connectivity index (χ1) is 11.2. The zero-order chi connectivity index (χ0) is 16.1. The number of nitrogens with one attached hydrogen (secondary N) is 1. The Kier molecular flexibility index (Phi) is 4.33. The Labute approximate surface area is 133 Å². The molecular formula is C17H16N4O2. The number of amides is 1. The second-order valence-corrected chi connectivity index (χ2v) is 4.95. The Morgan fingerprint density at radius 3 is 2.70 bits per heavy atom. The number of para-hydroxylation sites is 1. The Morgan fingerprint density at radius 2 is 1.96 bits per heavy atom. The summed E-state index contributed by atoms with van der Waals surface area (Å²) < 4.78 is 7.22. The van der Waals surface area contributed by atoms with Gasteiger partial charge in [-0.15, -0.1) is 5.10 Å². The van der Waals surface area contributed by atoms with Crippen molar-refractivity contribution in [2.75, 3.05) is 11.9 Å². The fourth-order valence-electron chi connectivity index (χ4n) is 2.05. The van der Waals surface area contributed by atoms with Crippen molar-refractivity contribution in [2.24, 2.45) is 0 Å². The molecule has 6 heteroatoms. The van der Waals surface area contributed by atoms with Crippen molar-refractivity contribution in [2.45, 2.75) is 6.92 Å². The van der Waals surface area contributed by atoms with Crippen LogP contribution in [-0.4, -0.2) is 27.3 Å². The van der Waals surface area contributed by atoms with Crippen molar-refractivity contribution in [1.29, 1.82) is 0 Å². The topological polar surface area (TPSA) is 69.0 Å². The van der Waals surface area contributed by atoms with E-state index in [2.05, 4.69) is 15.4 Å². The number of hydrogen-bond donors (Lipinski definition) is 1. The molecule has 23 heavy (non-hydrogen) atoms. The van der Waals surface area contributed by atoms with Crippen molar-refractivity contribution in [3.05, 3.63) is 66.5 Å². The molecule has 0 aliphatic rings. The summed E-state index contributed by atoms with van der Waals surface area (Å²) in [6.45, 7) is 1.77. The third kappa shape index (κ3) is 3.74. The standard InChI is InChI=1S/C17H16N4O2/c1-13-11-21(14-7-3-2-4-8-14)20-17(13)23-12-16(22)19-15-9-5-6-10-18-15/h2-11H,12H2,1H3,(H,18,19,22). The molecule has 0 aliphatic heterocycles. The second-order valence-electron chi connectivity index (χ2n) is 4.95. The first-order valence-electron chi connectivity index (χ1n) is 7.18. The van der Waals surface area contributed by atoms with E-state index in [0.29, 0.717) is 11.7 Å². The maximum absolute atomic E-state index is 11.9. The third-order valence-electron chi connectivity index (χ3n) is 3.14. The Morgan fingerprint density at radius 1 is 1.17 bits per heavy atom. The minimum atomic E-state index is -0.280. The molecule has 0 aliphatic carbocycles. The van der Waals surface area contributed by atoms with Crippen molar-refractivity contribution in [3.63, 3.8) is 0 Å². The van der Waals surface area contributed by atoms with Crippen LogP contribution in [-0.2, 0) is 4.79 Å². The van der Waals surface area contributed by atoms with E-state index >= 15 is 0 Å². The van der Waals surface area contributed by atoms with Crippen LogP contribution in [0.25, 0.3) is 5.69 Å². The average Bonchev–Trinajstić information content (AvgIpc) is 2.96. The van der Waals surface area contributed by atoms with E-state index in [1.807, 2.05) is 43.5 Å². The highest BCUT2D eigenvalue weighted by atomic mass is 16.5. The van der Waals surface area contributed by atoms with Crippen LogP contribution in [0.15, 0.2) is 60.9 Å². The molecular weight excluding hydrogens is 292 g/mol. The van der Waals surface area contributed by atoms with Gasteiger partial charge >= 0.3 is 0 Å². The minimum absolute atomic E-state index is 0.122. The van der Waals surface area contributed by atoms with Crippen LogP contribution in [0.2, 0.25) is 0 Å². The largest absolute Gasteiger partial charge is 0.466 e. The molecule has 1 amide bonds. The summed E-state index contributed by atoms with van der Waals surface area (Å²) >= 11 is 0. The molecule has 6 nitrogen and oxygen atoms in total. The fourth-order valence-corrected chi connectivity index (χ4v) is 2.05. The summed E-state index contributed by atoms with van der Waals surface area (Å²) in [5.41, 5.74) is 1.79. The number of carbonyl (C=O) groups is 1. The molecule has 0 saturated carbocycles. The summed E-state index contributed by atoms with van der Waals surface area (Å²) in [6, 6.07) is 15.0. The number of anilines is 1. The monoisotopic (exact) mass is 308 g/mol. The van der Waals surface area contributed by atoms with Gasteiger partial charge in [-0.2, -0.15) is 0 Å². The second kappa shape index (κ2) is 6.74. The first kappa shape index (κ1) is 14.8. The quantitative estimate of drug-likeness (QED) is 0.786. The number of hydrogen-bond acceptors (Lipinski definition) is 4. The van der Waals surface area contributed by atoms with Crippen LogP contribution in [0.5, 0.6) is 5.88 Å². The van der Waals surface area contributed by atoms with E-state index in [9.17, 15) is 4.79 Å². The molecule has 0 fully saturated rings. The summed E-state index contributed by atoms with van der Waals surface area (Å²) in [5, 5.41) is 7.02. The molecule has 0 saturated heterocycles. The van der Waals surface area contributed by atoms with Crippen LogP contribution >= 0.6 is 0 Å². The van der Waals surface area contributed by atoms with Crippen LogP contribution in [0, 0.1) is 6.92 Å². The van der Waals surface area contributed by atoms with Crippen LogP contribution in [0.4, 0.5) is 5.82 Å². The number of ether oxygens (including phenoxy) is 1. The van der Waals surface area contributed by atoms with E-state index in [0.717, 1.165) is 11.3 Å². The highest BCUT2D eigenvalue weighted by Gasteiger charge is 2.10. The number of pyridine rings is 1. The molecule has 1 aromatic carbocycles. The van der Waals surface area contributed by atoms with E-state index in [1.165, 1.54) is 0 Å². The Balaban J connectivity index is 1.62. The average molecular weight is 308 g/mol. The smallest absolute Gasteiger partial charge is 0.263 e. The fraction of sp³-hybridized carbons (Fsp3) is 0.118. The van der Waals surface area contributed by atoms with Crippen molar-refractivity contribution in [1.82, 2.24) is 14.8 Å². The summed E-state index contributed by atoms with van der Waals surface area (Å²) in [7, 11) is 0. The maximum atomic E-state index is 11.9. The van der Waals surface area contributed by atoms with E-state index in [4.69, 9.17) is 4.74 Å². The van der Waals surface area contributed by atoms with Gasteiger partial charge in [-0.25, -0.2) is 9.67 Å². The molecule has 2 heterocycles. The molecule has 3 aromatic rings. The van der Waals surface area contributed by atoms with Gasteiger partial charge in [0.25, 0.3) is 5.91 Å². The molecule has 1 N–H and O–H groups in total. The number of benzene rings is 1. The molecule has 0 atom stereocenters. The lowest BCUT2D eigenvalue weighted by Gasteiger charge is -2.05. The molecule has 0 spiro atoms. The molecule has 0 unspecified atom stereocenters. The molecule has 0 bridgehead atoms. The van der Waals surface area contributed by atoms with Gasteiger partial charge in [0.15, 0.2) is 6.61 Å². The zero-order valence-electron chi connectivity index (χ0n) is 12.6. The zero-order valence-corrected chi connectivity index (χ0v) is 12.6. The SMILES string of the molecule is Cc1cn(-c2ccccc2)nc1OCC(=O)Nc1ccccn1. The van der Waals surface area contributed by atoms with Gasteiger partial charge in [0.1, 0.15) is 5.82 Å². The lowest BCUT2D eigenvalue weighted by molar-refractivity contribution is -0.118. The number of nitrogens with zero attached hydrogens (tertiary/aromatic N) is 3. The van der Waals surface area contributed by atoms with Crippen LogP contribution < -0.4 is 10.1 Å². The van der Waals surface area contributed by atoms with Crippen molar-refractivity contribution >= 4 is 11.7 Å². The third-order valence-corrected chi connectivity index (χ3v) is 3.14. The normalized spacial score (nSPS) is 10.3. The number of carbonyl (C=O) groups excluding carboxylic acids is 1. The number of aryl methyl sites for hydroxylation is 1. The van der Waals surface area contributed by atoms with Gasteiger partial charge in [0, 0.05) is 18.0 Å². The van der Waals surface area contributed by atoms with Gasteiger partial charge in [-0.1, -0.05) is 24.3 Å². The van der Waals surface area contributed by atoms with Gasteiger partial charge in [-0.05, 0) is 31.2 Å². The van der Waals surface area contributed by atoms with Gasteiger partial charge in [0.05, 0.1) is 5.69 Å². The van der Waals surface area contributed by atoms with E-state index in [-0.39, 0.29) is 12.5 Å². The Hall–Kier alpha value is -3.15. The Bertz CT molecular complexity index is 785. The van der Waals surface area contributed by atoms with Crippen LogP contribution in [0.1, 0.15) is 5.56 Å². The highest BCUT2D eigenvalue weighted by molar-refractivity contribution is 5.90. The predicted molar refractivity (Wildman–Crippen MR) is 86.7 cm³/mol. The van der Waals surface area contributed by atoms with Gasteiger partial charge < -0.3 is 10.1 Å². The summed E-state index contributed by atoms with van der Waals surface area (Å²) in [5.74, 6) is 0.648. The van der Waals surface area contributed by atoms with Crippen molar-refractivity contribution < 1.29 is 9.53 Å². The predicted octanol–water partition coefficient (Wildman–Crippen LogP) is 2.59. The minimum Gasteiger partial charge on any atom is -0.466 e. The lowest BCUT2D eigenvalue weighted by Crippen LogP contribution is -2.21. The van der Waals surface area contributed by atoms with E-state index in [1.54, 1.807) is 29.1 Å². The van der Waals surface area contributed by atoms with Gasteiger partial charge in [0.2, 0.25) is 5.88 Å². The molecule has 2 aromatic heterocycles. The molecule has 3 rings (SSSR count). The lowest BCUT2D eigenvalue weighted by atomic mass is 10.3. The van der Waals surface area contributed by atoms with E-state index < -0.39 is 0 Å². The number of rotatable bonds is 5. The molecule has 0 radical (unpaired) electrons. The summed E-state index contributed by atoms with van der Waals surface area (Å²) in [6.07, 6.45) is 3.48. The number of aromatic nitrogens is 3.